The third-order valence-electron chi connectivity index (χ3n) is 5.17. The molecule has 0 aliphatic rings. The molecule has 7 heteroatoms. The van der Waals surface area contributed by atoms with Crippen LogP contribution in [-0.2, 0) is 4.74 Å². The van der Waals surface area contributed by atoms with E-state index < -0.39 is 10.9 Å². The van der Waals surface area contributed by atoms with Crippen molar-refractivity contribution in [2.24, 2.45) is 0 Å². The molecule has 1 atom stereocenters. The van der Waals surface area contributed by atoms with E-state index in [9.17, 15) is 14.9 Å². The Morgan fingerprint density at radius 2 is 1.81 bits per heavy atom. The van der Waals surface area contributed by atoms with Crippen molar-refractivity contribution in [3.8, 4) is 16.9 Å². The standard InChI is InChI=1S/C24H32N2O5/c1-6-7-8-9-10-17(2)31-23-16-21(26(28)29)20(15-22(23)25(3)4)18-11-13-19(14-12-18)24(27)30-5/h11-17H,6-10H2,1-5H3. The predicted octanol–water partition coefficient (Wildman–Crippen LogP) is 5.85. The van der Waals surface area contributed by atoms with Crippen LogP contribution < -0.4 is 9.64 Å². The van der Waals surface area contributed by atoms with Gasteiger partial charge < -0.3 is 14.4 Å². The Kier molecular flexibility index (Phi) is 8.85. The maximum absolute atomic E-state index is 11.8. The maximum atomic E-state index is 11.8. The van der Waals surface area contributed by atoms with Gasteiger partial charge in [-0.25, -0.2) is 4.79 Å². The number of rotatable bonds is 11. The molecule has 0 bridgehead atoms. The van der Waals surface area contributed by atoms with E-state index >= 15 is 0 Å². The summed E-state index contributed by atoms with van der Waals surface area (Å²) in [4.78, 5) is 25.0. The summed E-state index contributed by atoms with van der Waals surface area (Å²) in [5.41, 5.74) is 2.22. The van der Waals surface area contributed by atoms with Gasteiger partial charge in [0.1, 0.15) is 5.75 Å². The number of hydrogen-bond acceptors (Lipinski definition) is 6. The maximum Gasteiger partial charge on any atom is 0.337 e. The van der Waals surface area contributed by atoms with Crippen molar-refractivity contribution in [3.05, 3.63) is 52.1 Å². The number of anilines is 1. The summed E-state index contributed by atoms with van der Waals surface area (Å²) in [7, 11) is 5.07. The fourth-order valence-electron chi connectivity index (χ4n) is 3.42. The largest absolute Gasteiger partial charge is 0.488 e. The molecule has 0 amide bonds. The van der Waals surface area contributed by atoms with Gasteiger partial charge in [-0.15, -0.1) is 0 Å². The number of benzene rings is 2. The number of ether oxygens (including phenoxy) is 2. The van der Waals surface area contributed by atoms with Gasteiger partial charge in [0.2, 0.25) is 0 Å². The first-order valence-corrected chi connectivity index (χ1v) is 10.6. The molecule has 0 saturated carbocycles. The van der Waals surface area contributed by atoms with Crippen molar-refractivity contribution in [2.45, 2.75) is 52.1 Å². The lowest BCUT2D eigenvalue weighted by Crippen LogP contribution is -2.16. The highest BCUT2D eigenvalue weighted by atomic mass is 16.6. The predicted molar refractivity (Wildman–Crippen MR) is 123 cm³/mol. The Bertz CT molecular complexity index is 894. The quantitative estimate of drug-likeness (QED) is 0.193. The van der Waals surface area contributed by atoms with Crippen molar-refractivity contribution in [2.75, 3.05) is 26.1 Å². The first kappa shape index (κ1) is 24.2. The first-order chi connectivity index (χ1) is 14.8. The van der Waals surface area contributed by atoms with Gasteiger partial charge in [0.25, 0.3) is 5.69 Å². The van der Waals surface area contributed by atoms with Crippen molar-refractivity contribution in [1.29, 1.82) is 0 Å². The first-order valence-electron chi connectivity index (χ1n) is 10.6. The fourth-order valence-corrected chi connectivity index (χ4v) is 3.42. The number of nitrogens with zero attached hydrogens (tertiary/aromatic N) is 2. The van der Waals surface area contributed by atoms with Crippen LogP contribution in [0.25, 0.3) is 11.1 Å². The van der Waals surface area contributed by atoms with E-state index in [1.54, 1.807) is 30.3 Å². The molecule has 0 N–H and O–H groups in total. The van der Waals surface area contributed by atoms with E-state index in [0.29, 0.717) is 22.4 Å². The molecule has 31 heavy (non-hydrogen) atoms. The SMILES string of the molecule is CCCCCCC(C)Oc1cc([N+](=O)[O-])c(-c2ccc(C(=O)OC)cc2)cc1N(C)C. The summed E-state index contributed by atoms with van der Waals surface area (Å²) in [6.07, 6.45) is 5.46. The molecule has 0 heterocycles. The summed E-state index contributed by atoms with van der Waals surface area (Å²) in [6.45, 7) is 4.17. The van der Waals surface area contributed by atoms with Gasteiger partial charge in [-0.2, -0.15) is 0 Å². The van der Waals surface area contributed by atoms with Gasteiger partial charge in [0.15, 0.2) is 0 Å². The molecule has 0 aliphatic heterocycles. The molecule has 0 aliphatic carbocycles. The Labute approximate surface area is 184 Å². The number of hydrogen-bond donors (Lipinski definition) is 0. The van der Waals surface area contributed by atoms with Crippen LogP contribution in [0.15, 0.2) is 36.4 Å². The summed E-state index contributed by atoms with van der Waals surface area (Å²) < 4.78 is 10.8. The van der Waals surface area contributed by atoms with Gasteiger partial charge in [-0.05, 0) is 43.5 Å². The lowest BCUT2D eigenvalue weighted by Gasteiger charge is -2.22. The lowest BCUT2D eigenvalue weighted by atomic mass is 10.0. The molecule has 2 rings (SSSR count). The highest BCUT2D eigenvalue weighted by molar-refractivity contribution is 5.90. The van der Waals surface area contributed by atoms with Crippen LogP contribution in [0.5, 0.6) is 5.75 Å². The number of nitro benzene ring substituents is 1. The van der Waals surface area contributed by atoms with Crippen LogP contribution in [0.2, 0.25) is 0 Å². The van der Waals surface area contributed by atoms with E-state index in [1.807, 2.05) is 25.9 Å². The van der Waals surface area contributed by atoms with Crippen LogP contribution in [0.1, 0.15) is 56.3 Å². The highest BCUT2D eigenvalue weighted by Crippen LogP contribution is 2.40. The van der Waals surface area contributed by atoms with Crippen LogP contribution in [0.4, 0.5) is 11.4 Å². The number of unbranched alkanes of at least 4 members (excludes halogenated alkanes) is 3. The Balaban J connectivity index is 2.39. The minimum Gasteiger partial charge on any atom is -0.488 e. The molecule has 7 nitrogen and oxygen atoms in total. The van der Waals surface area contributed by atoms with E-state index in [0.717, 1.165) is 24.9 Å². The van der Waals surface area contributed by atoms with Gasteiger partial charge in [0.05, 0.1) is 41.0 Å². The summed E-state index contributed by atoms with van der Waals surface area (Å²) >= 11 is 0. The fraction of sp³-hybridized carbons (Fsp3) is 0.458. The van der Waals surface area contributed by atoms with Crippen molar-refractivity contribution in [1.82, 2.24) is 0 Å². The lowest BCUT2D eigenvalue weighted by molar-refractivity contribution is -0.384. The number of nitro groups is 1. The minimum atomic E-state index is -0.452. The van der Waals surface area contributed by atoms with E-state index in [-0.39, 0.29) is 11.8 Å². The second kappa shape index (κ2) is 11.3. The molecule has 1 unspecified atom stereocenters. The second-order valence-corrected chi connectivity index (χ2v) is 7.84. The zero-order chi connectivity index (χ0) is 23.0. The monoisotopic (exact) mass is 428 g/mol. The van der Waals surface area contributed by atoms with Crippen LogP contribution in [0.3, 0.4) is 0 Å². The number of carbonyl (C=O) groups is 1. The van der Waals surface area contributed by atoms with Crippen LogP contribution in [-0.4, -0.2) is 38.2 Å². The molecule has 0 radical (unpaired) electrons. The molecule has 2 aromatic carbocycles. The minimum absolute atomic E-state index is 0.0374. The molecular formula is C24H32N2O5. The van der Waals surface area contributed by atoms with Gasteiger partial charge >= 0.3 is 5.97 Å². The number of esters is 1. The molecule has 2 aromatic rings. The van der Waals surface area contributed by atoms with Crippen molar-refractivity contribution in [3.63, 3.8) is 0 Å². The van der Waals surface area contributed by atoms with Gasteiger partial charge in [-0.3, -0.25) is 10.1 Å². The molecule has 0 fully saturated rings. The third-order valence-corrected chi connectivity index (χ3v) is 5.17. The molecule has 168 valence electrons. The second-order valence-electron chi connectivity index (χ2n) is 7.84. The highest BCUT2D eigenvalue weighted by Gasteiger charge is 2.22. The van der Waals surface area contributed by atoms with Gasteiger partial charge in [0, 0.05) is 14.1 Å². The zero-order valence-electron chi connectivity index (χ0n) is 19.0. The average molecular weight is 429 g/mol. The Hall–Kier alpha value is -3.09. The van der Waals surface area contributed by atoms with Crippen LogP contribution >= 0.6 is 0 Å². The molecule has 0 saturated heterocycles. The molecular weight excluding hydrogens is 396 g/mol. The number of methoxy groups -OCH3 is 1. The normalized spacial score (nSPS) is 11.6. The summed E-state index contributed by atoms with van der Waals surface area (Å²) in [6, 6.07) is 9.84. The van der Waals surface area contributed by atoms with Crippen molar-refractivity contribution < 1.29 is 19.2 Å². The summed E-state index contributed by atoms with van der Waals surface area (Å²) in [5.74, 6) is 0.0429. The average Bonchev–Trinajstić information content (AvgIpc) is 2.75. The van der Waals surface area contributed by atoms with Crippen molar-refractivity contribution >= 4 is 17.3 Å². The van der Waals surface area contributed by atoms with E-state index in [1.165, 1.54) is 26.0 Å². The zero-order valence-corrected chi connectivity index (χ0v) is 19.0. The van der Waals surface area contributed by atoms with Crippen LogP contribution in [0, 0.1) is 10.1 Å². The molecule has 0 aromatic heterocycles. The smallest absolute Gasteiger partial charge is 0.337 e. The number of carbonyl (C=O) groups excluding carboxylic acids is 1. The van der Waals surface area contributed by atoms with E-state index in [4.69, 9.17) is 9.47 Å². The van der Waals surface area contributed by atoms with Gasteiger partial charge in [-0.1, -0.05) is 38.3 Å². The Morgan fingerprint density at radius 1 is 1.13 bits per heavy atom. The molecule has 0 spiro atoms. The topological polar surface area (TPSA) is 81.9 Å². The third kappa shape index (κ3) is 6.44. The Morgan fingerprint density at radius 3 is 2.35 bits per heavy atom. The van der Waals surface area contributed by atoms with E-state index in [2.05, 4.69) is 6.92 Å². The summed E-state index contributed by atoms with van der Waals surface area (Å²) in [5, 5.41) is 11.8.